The van der Waals surface area contributed by atoms with Crippen LogP contribution in [0.5, 0.6) is 0 Å². The van der Waals surface area contributed by atoms with Crippen molar-refractivity contribution in [2.45, 2.75) is 33.2 Å². The first-order chi connectivity index (χ1) is 14.9. The molecule has 1 heterocycles. The van der Waals surface area contributed by atoms with Crippen molar-refractivity contribution in [1.29, 1.82) is 0 Å². The van der Waals surface area contributed by atoms with Gasteiger partial charge < -0.3 is 10.6 Å². The second kappa shape index (κ2) is 11.1. The molecule has 0 aromatic heterocycles. The Morgan fingerprint density at radius 3 is 2.29 bits per heavy atom. The minimum absolute atomic E-state index is 0.0502. The maximum Gasteiger partial charge on any atom is 0.251 e. The smallest absolute Gasteiger partial charge is 0.251 e. The highest BCUT2D eigenvalue weighted by molar-refractivity contribution is 5.97. The van der Waals surface area contributed by atoms with E-state index in [9.17, 15) is 9.59 Å². The van der Waals surface area contributed by atoms with Crippen molar-refractivity contribution in [2.24, 2.45) is 0 Å². The number of hydrogen-bond acceptors (Lipinski definition) is 4. The number of rotatable bonds is 8. The summed E-state index contributed by atoms with van der Waals surface area (Å²) in [6.07, 6.45) is 0. The van der Waals surface area contributed by atoms with Crippen LogP contribution >= 0.6 is 0 Å². The molecular formula is C25H34N4O2. The number of nitrogens with one attached hydrogen (secondary N) is 2. The minimum Gasteiger partial charge on any atom is -0.352 e. The second-order valence-electron chi connectivity index (χ2n) is 8.44. The molecule has 1 aliphatic rings. The molecule has 0 spiro atoms. The SMILES string of the molecule is CCNC(=O)c1cccc(NC(=O)CN2CCN(Cc3ccc(C(C)C)cc3)CC2)c1. The lowest BCUT2D eigenvalue weighted by Crippen LogP contribution is -2.48. The fourth-order valence-corrected chi connectivity index (χ4v) is 3.78. The number of anilines is 1. The zero-order valence-corrected chi connectivity index (χ0v) is 18.9. The van der Waals surface area contributed by atoms with Gasteiger partial charge in [-0.05, 0) is 42.2 Å². The van der Waals surface area contributed by atoms with E-state index in [1.165, 1.54) is 11.1 Å². The summed E-state index contributed by atoms with van der Waals surface area (Å²) in [5.41, 5.74) is 3.91. The number of carbonyl (C=O) groups is 2. The highest BCUT2D eigenvalue weighted by Crippen LogP contribution is 2.16. The van der Waals surface area contributed by atoms with Gasteiger partial charge in [0, 0.05) is 50.5 Å². The maximum absolute atomic E-state index is 12.5. The lowest BCUT2D eigenvalue weighted by Gasteiger charge is -2.34. The molecule has 1 fully saturated rings. The standard InChI is InChI=1S/C25H34N4O2/c1-4-26-25(31)22-6-5-7-23(16-22)27-24(30)18-29-14-12-28(13-15-29)17-20-8-10-21(11-9-20)19(2)3/h5-11,16,19H,4,12-15,17-18H2,1-3H3,(H,26,31)(H,27,30). The molecular weight excluding hydrogens is 388 g/mol. The van der Waals surface area contributed by atoms with E-state index in [0.717, 1.165) is 32.7 Å². The third kappa shape index (κ3) is 6.91. The fourth-order valence-electron chi connectivity index (χ4n) is 3.78. The summed E-state index contributed by atoms with van der Waals surface area (Å²) in [6.45, 7) is 11.8. The third-order valence-electron chi connectivity index (χ3n) is 5.63. The van der Waals surface area contributed by atoms with Crippen LogP contribution in [-0.4, -0.2) is 60.9 Å². The first-order valence-electron chi connectivity index (χ1n) is 11.2. The van der Waals surface area contributed by atoms with Gasteiger partial charge >= 0.3 is 0 Å². The summed E-state index contributed by atoms with van der Waals surface area (Å²) in [5.74, 6) is 0.374. The Balaban J connectivity index is 1.44. The van der Waals surface area contributed by atoms with Crippen molar-refractivity contribution in [1.82, 2.24) is 15.1 Å². The molecule has 0 radical (unpaired) electrons. The Kier molecular flexibility index (Phi) is 8.20. The first kappa shape index (κ1) is 23.0. The second-order valence-corrected chi connectivity index (χ2v) is 8.44. The quantitative estimate of drug-likeness (QED) is 0.685. The van der Waals surface area contributed by atoms with E-state index in [4.69, 9.17) is 0 Å². The van der Waals surface area contributed by atoms with Crippen molar-refractivity contribution in [3.8, 4) is 0 Å². The molecule has 0 atom stereocenters. The fraction of sp³-hybridized carbons (Fsp3) is 0.440. The molecule has 0 aliphatic carbocycles. The molecule has 1 saturated heterocycles. The Morgan fingerprint density at radius 2 is 1.65 bits per heavy atom. The van der Waals surface area contributed by atoms with Crippen LogP contribution in [0.1, 0.15) is 48.2 Å². The molecule has 2 amide bonds. The van der Waals surface area contributed by atoms with Crippen molar-refractivity contribution in [3.05, 3.63) is 65.2 Å². The number of carbonyl (C=O) groups excluding carboxylic acids is 2. The topological polar surface area (TPSA) is 64.7 Å². The lowest BCUT2D eigenvalue weighted by molar-refractivity contribution is -0.117. The Labute approximate surface area is 185 Å². The third-order valence-corrected chi connectivity index (χ3v) is 5.63. The molecule has 2 aromatic rings. The van der Waals surface area contributed by atoms with Gasteiger partial charge in [-0.3, -0.25) is 19.4 Å². The predicted octanol–water partition coefficient (Wildman–Crippen LogP) is 3.32. The average Bonchev–Trinajstić information content (AvgIpc) is 2.76. The van der Waals surface area contributed by atoms with Crippen molar-refractivity contribution in [2.75, 3.05) is 44.6 Å². The number of nitrogens with zero attached hydrogens (tertiary/aromatic N) is 2. The normalized spacial score (nSPS) is 15.1. The molecule has 2 aromatic carbocycles. The van der Waals surface area contributed by atoms with Crippen LogP contribution in [0.25, 0.3) is 0 Å². The molecule has 0 saturated carbocycles. The molecule has 166 valence electrons. The zero-order chi connectivity index (χ0) is 22.2. The van der Waals surface area contributed by atoms with Gasteiger partial charge in [-0.2, -0.15) is 0 Å². The lowest BCUT2D eigenvalue weighted by atomic mass is 10.0. The van der Waals surface area contributed by atoms with Gasteiger partial charge in [0.1, 0.15) is 0 Å². The number of piperazine rings is 1. The van der Waals surface area contributed by atoms with Crippen molar-refractivity contribution in [3.63, 3.8) is 0 Å². The van der Waals surface area contributed by atoms with Crippen LogP contribution in [0.15, 0.2) is 48.5 Å². The molecule has 0 bridgehead atoms. The van der Waals surface area contributed by atoms with Crippen molar-refractivity contribution < 1.29 is 9.59 Å². The van der Waals surface area contributed by atoms with Gasteiger partial charge in [0.05, 0.1) is 6.54 Å². The minimum atomic E-state index is -0.131. The molecule has 2 N–H and O–H groups in total. The van der Waals surface area contributed by atoms with E-state index in [1.54, 1.807) is 18.2 Å². The van der Waals surface area contributed by atoms with E-state index < -0.39 is 0 Å². The Morgan fingerprint density at radius 1 is 0.968 bits per heavy atom. The Hall–Kier alpha value is -2.70. The van der Waals surface area contributed by atoms with E-state index in [0.29, 0.717) is 30.3 Å². The van der Waals surface area contributed by atoms with Crippen LogP contribution in [0.2, 0.25) is 0 Å². The summed E-state index contributed by atoms with van der Waals surface area (Å²) in [4.78, 5) is 29.1. The first-order valence-corrected chi connectivity index (χ1v) is 11.2. The summed E-state index contributed by atoms with van der Waals surface area (Å²) >= 11 is 0. The van der Waals surface area contributed by atoms with Crippen LogP contribution in [0, 0.1) is 0 Å². The summed E-state index contributed by atoms with van der Waals surface area (Å²) in [7, 11) is 0. The van der Waals surface area contributed by atoms with Crippen molar-refractivity contribution >= 4 is 17.5 Å². The van der Waals surface area contributed by atoms with Gasteiger partial charge in [0.2, 0.25) is 5.91 Å². The molecule has 0 unspecified atom stereocenters. The van der Waals surface area contributed by atoms with Crippen LogP contribution < -0.4 is 10.6 Å². The molecule has 3 rings (SSSR count). The number of hydrogen-bond donors (Lipinski definition) is 2. The van der Waals surface area contributed by atoms with Crippen LogP contribution in [0.3, 0.4) is 0 Å². The van der Waals surface area contributed by atoms with Gasteiger partial charge in [-0.1, -0.05) is 44.2 Å². The van der Waals surface area contributed by atoms with E-state index in [1.807, 2.05) is 13.0 Å². The molecule has 31 heavy (non-hydrogen) atoms. The highest BCUT2D eigenvalue weighted by atomic mass is 16.2. The molecule has 6 nitrogen and oxygen atoms in total. The summed E-state index contributed by atoms with van der Waals surface area (Å²) < 4.78 is 0. The van der Waals surface area contributed by atoms with Crippen LogP contribution in [-0.2, 0) is 11.3 Å². The van der Waals surface area contributed by atoms with E-state index in [-0.39, 0.29) is 11.8 Å². The summed E-state index contributed by atoms with van der Waals surface area (Å²) in [5, 5.41) is 5.69. The highest BCUT2D eigenvalue weighted by Gasteiger charge is 2.19. The Bertz CT molecular complexity index is 871. The van der Waals surface area contributed by atoms with Gasteiger partial charge in [-0.25, -0.2) is 0 Å². The predicted molar refractivity (Wildman–Crippen MR) is 125 cm³/mol. The molecule has 1 aliphatic heterocycles. The van der Waals surface area contributed by atoms with Gasteiger partial charge in [-0.15, -0.1) is 0 Å². The maximum atomic E-state index is 12.5. The number of benzene rings is 2. The monoisotopic (exact) mass is 422 g/mol. The van der Waals surface area contributed by atoms with Gasteiger partial charge in [0.15, 0.2) is 0 Å². The van der Waals surface area contributed by atoms with Crippen LogP contribution in [0.4, 0.5) is 5.69 Å². The zero-order valence-electron chi connectivity index (χ0n) is 18.9. The number of amides is 2. The summed E-state index contributed by atoms with van der Waals surface area (Å²) in [6, 6.07) is 16.0. The molecule has 6 heteroatoms. The average molecular weight is 423 g/mol. The van der Waals surface area contributed by atoms with Gasteiger partial charge in [0.25, 0.3) is 5.91 Å². The van der Waals surface area contributed by atoms with E-state index >= 15 is 0 Å². The largest absolute Gasteiger partial charge is 0.352 e. The van der Waals surface area contributed by atoms with E-state index in [2.05, 4.69) is 58.5 Å².